The molecule has 0 amide bonds. The number of carboxylic acids is 1. The van der Waals surface area contributed by atoms with E-state index in [-0.39, 0.29) is 0 Å². The van der Waals surface area contributed by atoms with Crippen molar-refractivity contribution in [3.05, 3.63) is 24.8 Å². The highest BCUT2D eigenvalue weighted by Gasteiger charge is 2.15. The molecule has 0 aliphatic rings. The van der Waals surface area contributed by atoms with Gasteiger partial charge >= 0.3 is 5.97 Å². The Morgan fingerprint density at radius 2 is 2.00 bits per heavy atom. The molecule has 1 atom stereocenters. The van der Waals surface area contributed by atoms with E-state index in [0.29, 0.717) is 13.0 Å². The van der Waals surface area contributed by atoms with E-state index in [1.165, 1.54) is 0 Å². The van der Waals surface area contributed by atoms with E-state index in [0.717, 1.165) is 18.5 Å². The highest BCUT2D eigenvalue weighted by atomic mass is 127. The molecule has 17 heavy (non-hydrogen) atoms. The predicted octanol–water partition coefficient (Wildman–Crippen LogP) is 2.25. The van der Waals surface area contributed by atoms with Crippen LogP contribution in [-0.4, -0.2) is 23.7 Å². The summed E-state index contributed by atoms with van der Waals surface area (Å²) in [4.78, 5) is 10.7. The molecule has 6 heteroatoms. The summed E-state index contributed by atoms with van der Waals surface area (Å²) in [5.74, 6) is -0.134. The van der Waals surface area contributed by atoms with Crippen molar-refractivity contribution in [1.82, 2.24) is 0 Å². The lowest BCUT2D eigenvalue weighted by molar-refractivity contribution is -0.138. The summed E-state index contributed by atoms with van der Waals surface area (Å²) in [6.07, 6.45) is 0.327. The van der Waals surface area contributed by atoms with Gasteiger partial charge in [-0.1, -0.05) is 0 Å². The Labute approximate surface area is 127 Å². The molecule has 0 spiro atoms. The van der Waals surface area contributed by atoms with Crippen LogP contribution in [0.1, 0.15) is 12.5 Å². The number of nitrogens with two attached hydrogens (primary N) is 1. The maximum absolute atomic E-state index is 10.7. The third-order valence-electron chi connectivity index (χ3n) is 2.12. The maximum atomic E-state index is 10.7. The van der Waals surface area contributed by atoms with Gasteiger partial charge in [-0.2, -0.15) is 0 Å². The third-order valence-corrected chi connectivity index (χ3v) is 3.72. The van der Waals surface area contributed by atoms with Crippen molar-refractivity contribution in [3.8, 4) is 5.75 Å². The van der Waals surface area contributed by atoms with Crippen molar-refractivity contribution in [2.45, 2.75) is 19.4 Å². The Bertz CT molecular complexity index is 400. The molecule has 0 unspecified atom stereocenters. The van der Waals surface area contributed by atoms with Gasteiger partial charge in [0.05, 0.1) is 13.7 Å². The first-order chi connectivity index (χ1) is 7.95. The van der Waals surface area contributed by atoms with Gasteiger partial charge in [0, 0.05) is 0 Å². The van der Waals surface area contributed by atoms with Gasteiger partial charge in [-0.3, -0.25) is 4.79 Å². The number of carbonyl (C=O) groups is 1. The topological polar surface area (TPSA) is 72.5 Å². The summed E-state index contributed by atoms with van der Waals surface area (Å²) in [6.45, 7) is 2.54. The number of rotatable bonds is 5. The second-order valence-electron chi connectivity index (χ2n) is 3.47. The zero-order valence-electron chi connectivity index (χ0n) is 9.24. The third kappa shape index (κ3) is 4.25. The zero-order chi connectivity index (χ0) is 13.0. The number of aliphatic carboxylic acids is 1. The Kier molecular flexibility index (Phi) is 5.93. The van der Waals surface area contributed by atoms with Crippen LogP contribution < -0.4 is 10.5 Å². The van der Waals surface area contributed by atoms with E-state index in [1.807, 2.05) is 19.1 Å². The van der Waals surface area contributed by atoms with Gasteiger partial charge in [0.1, 0.15) is 11.8 Å². The standard InChI is InChI=1S/C11H13I2NO3/c1-2-17-10-7(12)3-6(4-8(10)13)5-9(14)11(15)16/h3-4,9H,2,5,14H2,1H3,(H,15,16)/t9-/m1/s1. The zero-order valence-corrected chi connectivity index (χ0v) is 13.6. The van der Waals surface area contributed by atoms with Gasteiger partial charge in [-0.15, -0.1) is 0 Å². The van der Waals surface area contributed by atoms with Crippen molar-refractivity contribution >= 4 is 51.2 Å². The largest absolute Gasteiger partial charge is 0.492 e. The minimum atomic E-state index is -0.982. The highest BCUT2D eigenvalue weighted by molar-refractivity contribution is 14.1. The van der Waals surface area contributed by atoms with Crippen molar-refractivity contribution in [2.75, 3.05) is 6.61 Å². The van der Waals surface area contributed by atoms with E-state index in [2.05, 4.69) is 45.2 Å². The summed E-state index contributed by atoms with van der Waals surface area (Å²) < 4.78 is 7.46. The highest BCUT2D eigenvalue weighted by Crippen LogP contribution is 2.29. The minimum absolute atomic E-state index is 0.327. The van der Waals surface area contributed by atoms with Crippen LogP contribution in [0.15, 0.2) is 12.1 Å². The summed E-state index contributed by atoms with van der Waals surface area (Å²) >= 11 is 4.36. The fraction of sp³-hybridized carbons (Fsp3) is 0.364. The lowest BCUT2D eigenvalue weighted by Crippen LogP contribution is -2.32. The molecule has 4 nitrogen and oxygen atoms in total. The van der Waals surface area contributed by atoms with Crippen molar-refractivity contribution in [2.24, 2.45) is 5.73 Å². The number of hydrogen-bond acceptors (Lipinski definition) is 3. The van der Waals surface area contributed by atoms with E-state index < -0.39 is 12.0 Å². The molecule has 0 saturated heterocycles. The van der Waals surface area contributed by atoms with Gasteiger partial charge in [-0.05, 0) is 76.2 Å². The van der Waals surface area contributed by atoms with Gasteiger partial charge in [0.2, 0.25) is 0 Å². The summed E-state index contributed by atoms with van der Waals surface area (Å²) in [5.41, 5.74) is 6.42. The van der Waals surface area contributed by atoms with Crippen molar-refractivity contribution in [3.63, 3.8) is 0 Å². The number of hydrogen-bond donors (Lipinski definition) is 2. The van der Waals surface area contributed by atoms with Gasteiger partial charge in [0.15, 0.2) is 0 Å². The van der Waals surface area contributed by atoms with E-state index >= 15 is 0 Å². The predicted molar refractivity (Wildman–Crippen MR) is 82.4 cm³/mol. The van der Waals surface area contributed by atoms with Crippen LogP contribution in [0, 0.1) is 7.14 Å². The Morgan fingerprint density at radius 1 is 1.47 bits per heavy atom. The second-order valence-corrected chi connectivity index (χ2v) is 5.79. The molecule has 1 rings (SSSR count). The fourth-order valence-electron chi connectivity index (χ4n) is 1.35. The van der Waals surface area contributed by atoms with Gasteiger partial charge in [0.25, 0.3) is 0 Å². The normalized spacial score (nSPS) is 12.2. The first-order valence-electron chi connectivity index (χ1n) is 5.04. The summed E-state index contributed by atoms with van der Waals surface area (Å²) in [5, 5.41) is 8.77. The van der Waals surface area contributed by atoms with Crippen molar-refractivity contribution in [1.29, 1.82) is 0 Å². The molecular formula is C11H13I2NO3. The molecule has 0 saturated carbocycles. The molecule has 0 bridgehead atoms. The van der Waals surface area contributed by atoms with Crippen LogP contribution in [0.5, 0.6) is 5.75 Å². The van der Waals surface area contributed by atoms with Gasteiger partial charge in [-0.25, -0.2) is 0 Å². The maximum Gasteiger partial charge on any atom is 0.320 e. The lowest BCUT2D eigenvalue weighted by Gasteiger charge is -2.12. The number of halogens is 2. The first kappa shape index (κ1) is 15.0. The van der Waals surface area contributed by atoms with E-state index in [1.54, 1.807) is 0 Å². The first-order valence-corrected chi connectivity index (χ1v) is 7.20. The van der Waals surface area contributed by atoms with Crippen LogP contribution in [-0.2, 0) is 11.2 Å². The van der Waals surface area contributed by atoms with Gasteiger partial charge < -0.3 is 15.6 Å². The number of benzene rings is 1. The molecule has 1 aromatic rings. The van der Waals surface area contributed by atoms with Crippen LogP contribution in [0.2, 0.25) is 0 Å². The second kappa shape index (κ2) is 6.74. The average Bonchev–Trinajstić information content (AvgIpc) is 2.23. The molecule has 0 aromatic heterocycles. The van der Waals surface area contributed by atoms with E-state index in [9.17, 15) is 4.79 Å². The Hall–Kier alpha value is -0.0900. The average molecular weight is 461 g/mol. The Balaban J connectivity index is 2.94. The molecule has 3 N–H and O–H groups in total. The number of carboxylic acid groups (broad SMARTS) is 1. The van der Waals surface area contributed by atoms with Crippen LogP contribution in [0.4, 0.5) is 0 Å². The SMILES string of the molecule is CCOc1c(I)cc(C[C@@H](N)C(=O)O)cc1I. The molecule has 0 aliphatic heterocycles. The molecule has 0 heterocycles. The smallest absolute Gasteiger partial charge is 0.320 e. The quantitative estimate of drug-likeness (QED) is 0.661. The Morgan fingerprint density at radius 3 is 2.41 bits per heavy atom. The minimum Gasteiger partial charge on any atom is -0.492 e. The molecule has 0 fully saturated rings. The molecule has 1 aromatic carbocycles. The summed E-state index contributed by atoms with van der Waals surface area (Å²) in [7, 11) is 0. The molecule has 0 aliphatic carbocycles. The monoisotopic (exact) mass is 461 g/mol. The molecule has 94 valence electrons. The fourth-order valence-corrected chi connectivity index (χ4v) is 3.56. The number of ether oxygens (including phenoxy) is 1. The molecular weight excluding hydrogens is 448 g/mol. The van der Waals surface area contributed by atoms with Crippen LogP contribution >= 0.6 is 45.2 Å². The van der Waals surface area contributed by atoms with E-state index in [4.69, 9.17) is 15.6 Å². The van der Waals surface area contributed by atoms with Crippen LogP contribution in [0.3, 0.4) is 0 Å². The van der Waals surface area contributed by atoms with Crippen molar-refractivity contribution < 1.29 is 14.6 Å². The molecule has 0 radical (unpaired) electrons. The van der Waals surface area contributed by atoms with Crippen LogP contribution in [0.25, 0.3) is 0 Å². The lowest BCUT2D eigenvalue weighted by atomic mass is 10.1. The summed E-state index contributed by atoms with van der Waals surface area (Å²) in [6, 6.07) is 2.96.